The van der Waals surface area contributed by atoms with Gasteiger partial charge in [-0.3, -0.25) is 0 Å². The fraction of sp³-hybridized carbons (Fsp3) is 0.0870. The van der Waals surface area contributed by atoms with Gasteiger partial charge in [-0.15, -0.1) is 0 Å². The second-order valence-corrected chi connectivity index (χ2v) is 8.42. The first-order chi connectivity index (χ1) is 14.5. The topological polar surface area (TPSA) is 65.5 Å². The van der Waals surface area contributed by atoms with Crippen LogP contribution in [0.2, 0.25) is 0 Å². The van der Waals surface area contributed by atoms with Crippen molar-refractivity contribution in [2.45, 2.75) is 9.79 Å². The third-order valence-corrected chi connectivity index (χ3v) is 6.61. The average molecular weight is 423 g/mol. The van der Waals surface area contributed by atoms with Crippen LogP contribution in [-0.4, -0.2) is 27.6 Å². The lowest BCUT2D eigenvalue weighted by molar-refractivity contribution is 0.414. The van der Waals surface area contributed by atoms with E-state index < -0.39 is 20.7 Å². The largest absolute Gasteiger partial charge is 0.497 e. The molecule has 0 amide bonds. The molecule has 0 saturated heterocycles. The maximum absolute atomic E-state index is 15.2. The highest BCUT2D eigenvalue weighted by Crippen LogP contribution is 2.39. The number of hydrogen-bond donors (Lipinski definition) is 0. The highest BCUT2D eigenvalue weighted by molar-refractivity contribution is 7.91. The molecule has 4 rings (SSSR count). The molecule has 152 valence electrons. The van der Waals surface area contributed by atoms with Crippen LogP contribution < -0.4 is 9.47 Å². The molecule has 0 saturated carbocycles. The molecular weight excluding hydrogens is 405 g/mol. The van der Waals surface area contributed by atoms with Crippen LogP contribution in [0.15, 0.2) is 82.6 Å². The van der Waals surface area contributed by atoms with E-state index in [2.05, 4.69) is 4.98 Å². The van der Waals surface area contributed by atoms with Crippen LogP contribution in [-0.2, 0) is 9.84 Å². The van der Waals surface area contributed by atoms with E-state index in [0.29, 0.717) is 28.0 Å². The summed E-state index contributed by atoms with van der Waals surface area (Å²) in [4.78, 5) is 3.40. The minimum Gasteiger partial charge on any atom is -0.497 e. The minimum atomic E-state index is -4.22. The van der Waals surface area contributed by atoms with Gasteiger partial charge in [-0.25, -0.2) is 13.4 Å². The van der Waals surface area contributed by atoms with Crippen LogP contribution in [0, 0.1) is 5.95 Å². The van der Waals surface area contributed by atoms with E-state index in [1.54, 1.807) is 48.5 Å². The number of pyridine rings is 1. The third kappa shape index (κ3) is 3.37. The van der Waals surface area contributed by atoms with Gasteiger partial charge < -0.3 is 9.47 Å². The minimum absolute atomic E-state index is 0.0524. The number of methoxy groups -OCH3 is 2. The lowest BCUT2D eigenvalue weighted by Gasteiger charge is -2.15. The van der Waals surface area contributed by atoms with Gasteiger partial charge >= 0.3 is 0 Å². The fourth-order valence-electron chi connectivity index (χ4n) is 3.35. The molecule has 0 aliphatic rings. The molecule has 7 heteroatoms. The van der Waals surface area contributed by atoms with E-state index in [1.807, 2.05) is 0 Å². The first-order valence-corrected chi connectivity index (χ1v) is 10.6. The molecule has 5 nitrogen and oxygen atoms in total. The second-order valence-electron chi connectivity index (χ2n) is 6.53. The first kappa shape index (κ1) is 19.8. The Balaban J connectivity index is 2.07. The Labute approximate surface area is 173 Å². The molecule has 1 aromatic heterocycles. The van der Waals surface area contributed by atoms with E-state index in [1.165, 1.54) is 38.5 Å². The standard InChI is InChI=1S/C23H18FNO4S/c1-28-16-10-12-18(13-11-16)30(26,27)22-21(15-6-5-7-17(14-15)29-2)19-8-3-4-9-20(19)25-23(22)24/h3-14H,1-2H3. The predicted molar refractivity (Wildman–Crippen MR) is 112 cm³/mol. The Morgan fingerprint density at radius 2 is 1.53 bits per heavy atom. The number of rotatable bonds is 5. The number of benzene rings is 3. The van der Waals surface area contributed by atoms with Crippen LogP contribution >= 0.6 is 0 Å². The van der Waals surface area contributed by atoms with E-state index in [4.69, 9.17) is 9.47 Å². The number of aromatic nitrogens is 1. The zero-order valence-corrected chi connectivity index (χ0v) is 17.1. The van der Waals surface area contributed by atoms with Crippen molar-refractivity contribution in [2.75, 3.05) is 14.2 Å². The molecule has 1 heterocycles. The molecule has 0 bridgehead atoms. The van der Waals surface area contributed by atoms with Crippen molar-refractivity contribution < 1.29 is 22.3 Å². The van der Waals surface area contributed by atoms with Gasteiger partial charge in [0.05, 0.1) is 24.6 Å². The number of nitrogens with zero attached hydrogens (tertiary/aromatic N) is 1. The molecule has 0 atom stereocenters. The van der Waals surface area contributed by atoms with E-state index in [9.17, 15) is 8.42 Å². The van der Waals surface area contributed by atoms with Crippen molar-refractivity contribution in [3.63, 3.8) is 0 Å². The maximum Gasteiger partial charge on any atom is 0.233 e. The first-order valence-electron chi connectivity index (χ1n) is 9.07. The molecule has 0 unspecified atom stereocenters. The van der Waals surface area contributed by atoms with E-state index in [0.717, 1.165) is 0 Å². The summed E-state index contributed by atoms with van der Waals surface area (Å²) in [5.74, 6) is -0.0250. The molecule has 3 aromatic carbocycles. The van der Waals surface area contributed by atoms with Gasteiger partial charge in [0, 0.05) is 10.9 Å². The van der Waals surface area contributed by atoms with Crippen molar-refractivity contribution in [3.05, 3.63) is 78.7 Å². The molecule has 4 aromatic rings. The summed E-state index contributed by atoms with van der Waals surface area (Å²) in [5, 5.41) is 0.527. The summed E-state index contributed by atoms with van der Waals surface area (Å²) >= 11 is 0. The number of sulfone groups is 1. The number of fused-ring (bicyclic) bond motifs is 1. The zero-order chi connectivity index (χ0) is 21.3. The molecular formula is C23H18FNO4S. The third-order valence-electron chi connectivity index (χ3n) is 4.80. The smallest absolute Gasteiger partial charge is 0.233 e. The van der Waals surface area contributed by atoms with Crippen molar-refractivity contribution >= 4 is 20.7 Å². The van der Waals surface area contributed by atoms with Crippen LogP contribution in [0.5, 0.6) is 11.5 Å². The van der Waals surface area contributed by atoms with Gasteiger partial charge in [0.1, 0.15) is 16.4 Å². The zero-order valence-electron chi connectivity index (χ0n) is 16.3. The Bertz CT molecular complexity index is 1340. The Morgan fingerprint density at radius 1 is 0.833 bits per heavy atom. The van der Waals surface area contributed by atoms with Crippen molar-refractivity contribution in [3.8, 4) is 22.6 Å². The normalized spacial score (nSPS) is 11.4. The van der Waals surface area contributed by atoms with Gasteiger partial charge in [-0.2, -0.15) is 4.39 Å². The van der Waals surface area contributed by atoms with E-state index >= 15 is 4.39 Å². The summed E-state index contributed by atoms with van der Waals surface area (Å²) in [5.41, 5.74) is 1.12. The Morgan fingerprint density at radius 3 is 2.23 bits per heavy atom. The van der Waals surface area contributed by atoms with Gasteiger partial charge in [0.15, 0.2) is 0 Å². The molecule has 0 fully saturated rings. The molecule has 0 spiro atoms. The van der Waals surface area contributed by atoms with Crippen molar-refractivity contribution in [2.24, 2.45) is 0 Å². The highest BCUT2D eigenvalue weighted by Gasteiger charge is 2.29. The van der Waals surface area contributed by atoms with Crippen molar-refractivity contribution in [1.82, 2.24) is 4.98 Å². The highest BCUT2D eigenvalue weighted by atomic mass is 32.2. The second kappa shape index (κ2) is 7.76. The molecule has 0 aliphatic carbocycles. The number of halogens is 1. The number of hydrogen-bond acceptors (Lipinski definition) is 5. The molecule has 30 heavy (non-hydrogen) atoms. The van der Waals surface area contributed by atoms with Gasteiger partial charge in [0.2, 0.25) is 15.8 Å². The Kier molecular flexibility index (Phi) is 5.13. The SMILES string of the molecule is COc1ccc(S(=O)(=O)c2c(F)nc3ccccc3c2-c2cccc(OC)c2)cc1. The lowest BCUT2D eigenvalue weighted by atomic mass is 10.0. The van der Waals surface area contributed by atoms with Gasteiger partial charge in [-0.1, -0.05) is 30.3 Å². The fourth-order valence-corrected chi connectivity index (χ4v) is 4.84. The summed E-state index contributed by atoms with van der Waals surface area (Å²) in [6.45, 7) is 0. The number of ether oxygens (including phenoxy) is 2. The molecule has 0 radical (unpaired) electrons. The van der Waals surface area contributed by atoms with Crippen molar-refractivity contribution in [1.29, 1.82) is 0 Å². The molecule has 0 aliphatic heterocycles. The van der Waals surface area contributed by atoms with Gasteiger partial charge in [-0.05, 0) is 48.0 Å². The van der Waals surface area contributed by atoms with Crippen LogP contribution in [0.3, 0.4) is 0 Å². The summed E-state index contributed by atoms with van der Waals surface area (Å²) < 4.78 is 52.6. The summed E-state index contributed by atoms with van der Waals surface area (Å²) in [7, 11) is -1.22. The summed E-state index contributed by atoms with van der Waals surface area (Å²) in [6, 6.07) is 19.5. The van der Waals surface area contributed by atoms with Crippen LogP contribution in [0.1, 0.15) is 0 Å². The monoisotopic (exact) mass is 423 g/mol. The van der Waals surface area contributed by atoms with Crippen LogP contribution in [0.4, 0.5) is 4.39 Å². The summed E-state index contributed by atoms with van der Waals surface area (Å²) in [6.07, 6.45) is 0. The van der Waals surface area contributed by atoms with Crippen LogP contribution in [0.25, 0.3) is 22.0 Å². The van der Waals surface area contributed by atoms with Gasteiger partial charge in [0.25, 0.3) is 0 Å². The molecule has 0 N–H and O–H groups in total. The van der Waals surface area contributed by atoms with E-state index in [-0.39, 0.29) is 10.5 Å². The number of para-hydroxylation sites is 1. The quantitative estimate of drug-likeness (QED) is 0.428. The Hall–Kier alpha value is -3.45. The predicted octanol–water partition coefficient (Wildman–Crippen LogP) is 4.89. The lowest BCUT2D eigenvalue weighted by Crippen LogP contribution is -2.09. The maximum atomic E-state index is 15.2. The average Bonchev–Trinajstić information content (AvgIpc) is 2.78.